The molecule has 4 aliphatic rings. The van der Waals surface area contributed by atoms with E-state index in [2.05, 4.69) is 73.9 Å². The van der Waals surface area contributed by atoms with E-state index in [4.69, 9.17) is 11.1 Å². The third kappa shape index (κ3) is 3.10. The molecule has 8 unspecified atom stereocenters. The number of allylic oxidation sites excluding steroid dienone is 10. The fourth-order valence-electron chi connectivity index (χ4n) is 5.71. The van der Waals surface area contributed by atoms with Crippen molar-refractivity contribution in [1.29, 1.82) is 0 Å². The van der Waals surface area contributed by atoms with Crippen LogP contribution in [0.3, 0.4) is 0 Å². The van der Waals surface area contributed by atoms with Crippen LogP contribution in [0.2, 0.25) is 5.54 Å². The minimum atomic E-state index is -0.607. The molecule has 0 amide bonds. The Kier molecular flexibility index (Phi) is 5.06. The zero-order valence-corrected chi connectivity index (χ0v) is 17.1. The smallest absolute Gasteiger partial charge is 0.135 e. The summed E-state index contributed by atoms with van der Waals surface area (Å²) in [5, 5.41) is 0. The molecule has 2 saturated carbocycles. The van der Waals surface area contributed by atoms with Gasteiger partial charge in [0, 0.05) is 0 Å². The second-order valence-corrected chi connectivity index (χ2v) is 10.4. The van der Waals surface area contributed by atoms with E-state index in [-0.39, 0.29) is 0 Å². The van der Waals surface area contributed by atoms with Gasteiger partial charge in [-0.15, -0.1) is 13.2 Å². The first kappa shape index (κ1) is 17.4. The van der Waals surface area contributed by atoms with Crippen LogP contribution in [0.25, 0.3) is 0 Å². The van der Waals surface area contributed by atoms with Crippen molar-refractivity contribution in [2.75, 3.05) is 0 Å². The summed E-state index contributed by atoms with van der Waals surface area (Å²) < 4.78 is 0. The van der Waals surface area contributed by atoms with Crippen molar-refractivity contribution in [3.63, 3.8) is 0 Å². The van der Waals surface area contributed by atoms with Gasteiger partial charge in [0.2, 0.25) is 0 Å². The molecular formula is C23H29ClSi. The van der Waals surface area contributed by atoms with Crippen LogP contribution in [0.1, 0.15) is 12.8 Å². The van der Waals surface area contributed by atoms with E-state index < -0.39 is 8.83 Å². The minimum Gasteiger partial charge on any atom is -0.175 e. The van der Waals surface area contributed by atoms with Crippen molar-refractivity contribution in [3.05, 3.63) is 73.9 Å². The number of hydrogen-bond acceptors (Lipinski definition) is 0. The van der Waals surface area contributed by atoms with Gasteiger partial charge in [-0.2, -0.15) is 11.1 Å². The largest absolute Gasteiger partial charge is 0.175 e. The topological polar surface area (TPSA) is 0 Å². The van der Waals surface area contributed by atoms with Gasteiger partial charge in [-0.1, -0.05) is 60.8 Å². The summed E-state index contributed by atoms with van der Waals surface area (Å²) in [6, 6.07) is 0. The van der Waals surface area contributed by atoms with E-state index in [1.165, 1.54) is 12.8 Å². The summed E-state index contributed by atoms with van der Waals surface area (Å²) in [6.45, 7) is 8.14. The number of rotatable bonds is 7. The lowest BCUT2D eigenvalue weighted by Gasteiger charge is -2.23. The Morgan fingerprint density at radius 2 is 1.16 bits per heavy atom. The first-order valence-electron chi connectivity index (χ1n) is 9.79. The van der Waals surface area contributed by atoms with Gasteiger partial charge in [-0.05, 0) is 65.7 Å². The SMILES string of the molecule is C=CC1C2C=CC(C2)C1C=CC(C=CC1C2C=CC(C2)C1C=C)[SiH2]Cl. The van der Waals surface area contributed by atoms with E-state index in [9.17, 15) is 0 Å². The van der Waals surface area contributed by atoms with Crippen LogP contribution in [0.5, 0.6) is 0 Å². The highest BCUT2D eigenvalue weighted by molar-refractivity contribution is 6.95. The summed E-state index contributed by atoms with van der Waals surface area (Å²) in [5.74, 6) is 5.36. The molecule has 0 heterocycles. The van der Waals surface area contributed by atoms with Gasteiger partial charge in [0.25, 0.3) is 0 Å². The second-order valence-electron chi connectivity index (χ2n) is 8.27. The van der Waals surface area contributed by atoms with Crippen LogP contribution in [0.4, 0.5) is 0 Å². The van der Waals surface area contributed by atoms with Crippen molar-refractivity contribution in [1.82, 2.24) is 0 Å². The predicted molar refractivity (Wildman–Crippen MR) is 112 cm³/mol. The van der Waals surface area contributed by atoms with Crippen molar-refractivity contribution < 1.29 is 0 Å². The highest BCUT2D eigenvalue weighted by Crippen LogP contribution is 2.50. The molecule has 0 saturated heterocycles. The van der Waals surface area contributed by atoms with Gasteiger partial charge in [0.1, 0.15) is 8.83 Å². The molecule has 25 heavy (non-hydrogen) atoms. The Balaban J connectivity index is 1.43. The third-order valence-corrected chi connectivity index (χ3v) is 9.02. The standard InChI is InChI=1S/C23H29ClSi/c1-3-20-15-5-7-17(13-15)22(20)11-9-19(25-24)10-12-23-18-8-6-16(14-18)21(23)4-2/h3-12,15-23H,1-2,13-14,25H2. The number of hydrogen-bond donors (Lipinski definition) is 0. The molecule has 0 radical (unpaired) electrons. The summed E-state index contributed by atoms with van der Waals surface area (Å²) >= 11 is 6.41. The normalized spacial score (nSPS) is 45.6. The average Bonchev–Trinajstić information content (AvgIpc) is 3.41. The molecule has 0 aliphatic heterocycles. The van der Waals surface area contributed by atoms with E-state index in [1.807, 2.05) is 0 Å². The maximum Gasteiger partial charge on any atom is 0.135 e. The van der Waals surface area contributed by atoms with Gasteiger partial charge in [0.05, 0.1) is 0 Å². The second kappa shape index (κ2) is 7.29. The first-order chi connectivity index (χ1) is 12.2. The van der Waals surface area contributed by atoms with Crippen LogP contribution >= 0.6 is 11.1 Å². The lowest BCUT2D eigenvalue weighted by molar-refractivity contribution is 0.446. The highest BCUT2D eigenvalue weighted by Gasteiger charge is 2.42. The predicted octanol–water partition coefficient (Wildman–Crippen LogP) is 5.46. The molecular weight excluding hydrogens is 340 g/mol. The fraction of sp³-hybridized carbons (Fsp3) is 0.478. The van der Waals surface area contributed by atoms with Crippen LogP contribution in [-0.4, -0.2) is 8.83 Å². The van der Waals surface area contributed by atoms with E-state index in [1.54, 1.807) is 0 Å². The molecule has 4 bridgehead atoms. The van der Waals surface area contributed by atoms with Crippen molar-refractivity contribution in [2.24, 2.45) is 47.3 Å². The van der Waals surface area contributed by atoms with E-state index in [0.29, 0.717) is 52.9 Å². The molecule has 132 valence electrons. The van der Waals surface area contributed by atoms with E-state index in [0.717, 1.165) is 0 Å². The molecule has 0 nitrogen and oxygen atoms in total. The van der Waals surface area contributed by atoms with Gasteiger partial charge in [-0.25, -0.2) is 0 Å². The average molecular weight is 369 g/mol. The molecule has 0 aromatic carbocycles. The van der Waals surface area contributed by atoms with Crippen LogP contribution in [0, 0.1) is 47.3 Å². The Labute approximate surface area is 159 Å². The van der Waals surface area contributed by atoms with Crippen LogP contribution in [0.15, 0.2) is 73.9 Å². The zero-order valence-electron chi connectivity index (χ0n) is 14.9. The van der Waals surface area contributed by atoms with Crippen LogP contribution < -0.4 is 0 Å². The number of fused-ring (bicyclic) bond motifs is 4. The Hall–Kier alpha value is -1.05. The molecule has 4 aliphatic carbocycles. The highest BCUT2D eigenvalue weighted by atomic mass is 35.6. The molecule has 0 N–H and O–H groups in total. The maximum absolute atomic E-state index is 6.41. The van der Waals surface area contributed by atoms with Crippen LogP contribution in [-0.2, 0) is 0 Å². The molecule has 0 spiro atoms. The Morgan fingerprint density at radius 1 is 0.760 bits per heavy atom. The van der Waals surface area contributed by atoms with Crippen molar-refractivity contribution in [2.45, 2.75) is 18.4 Å². The van der Waals surface area contributed by atoms with Gasteiger partial charge < -0.3 is 0 Å². The first-order valence-corrected chi connectivity index (χ1v) is 12.7. The Bertz CT molecular complexity index is 588. The molecule has 0 aromatic rings. The van der Waals surface area contributed by atoms with Gasteiger partial charge in [0.15, 0.2) is 0 Å². The number of halogens is 1. The molecule has 8 atom stereocenters. The third-order valence-electron chi connectivity index (χ3n) is 7.05. The lowest BCUT2D eigenvalue weighted by Crippen LogP contribution is -2.16. The molecule has 2 heteroatoms. The minimum absolute atomic E-state index is 0.462. The fourth-order valence-corrected chi connectivity index (χ4v) is 6.85. The van der Waals surface area contributed by atoms with E-state index >= 15 is 0 Å². The summed E-state index contributed by atoms with van der Waals surface area (Å²) in [7, 11) is -0.607. The van der Waals surface area contributed by atoms with Gasteiger partial charge >= 0.3 is 0 Å². The molecule has 2 fully saturated rings. The summed E-state index contributed by atoms with van der Waals surface area (Å²) in [4.78, 5) is 0. The lowest BCUT2D eigenvalue weighted by atomic mass is 9.82. The molecule has 4 rings (SSSR count). The Morgan fingerprint density at radius 3 is 1.52 bits per heavy atom. The quantitative estimate of drug-likeness (QED) is 0.318. The monoisotopic (exact) mass is 368 g/mol. The van der Waals surface area contributed by atoms with Crippen molar-refractivity contribution >= 4 is 19.9 Å². The maximum atomic E-state index is 6.41. The summed E-state index contributed by atoms with van der Waals surface area (Å²) in [6.07, 6.45) is 26.3. The van der Waals surface area contributed by atoms with Gasteiger partial charge in [-0.3, -0.25) is 0 Å². The summed E-state index contributed by atoms with van der Waals surface area (Å²) in [5.41, 5.74) is 0.462. The van der Waals surface area contributed by atoms with Crippen molar-refractivity contribution in [3.8, 4) is 0 Å². The molecule has 0 aromatic heterocycles. The zero-order chi connectivity index (χ0) is 17.4.